The second-order valence-electron chi connectivity index (χ2n) is 8.43. The lowest BCUT2D eigenvalue weighted by Crippen LogP contribution is -2.34. The Hall–Kier alpha value is -3.47. The number of anilines is 2. The van der Waals surface area contributed by atoms with E-state index < -0.39 is 33.3 Å². The lowest BCUT2D eigenvalue weighted by molar-refractivity contribution is -0.384. The zero-order valence-corrected chi connectivity index (χ0v) is 19.5. The van der Waals surface area contributed by atoms with E-state index >= 15 is 0 Å². The molecule has 0 radical (unpaired) electrons. The summed E-state index contributed by atoms with van der Waals surface area (Å²) in [6.45, 7) is 1.32. The minimum absolute atomic E-state index is 0.0538. The molecule has 0 saturated carbocycles. The minimum Gasteiger partial charge on any atom is -0.454 e. The molecule has 2 heterocycles. The zero-order valence-electron chi connectivity index (χ0n) is 18.7. The van der Waals surface area contributed by atoms with E-state index in [2.05, 4.69) is 0 Å². The van der Waals surface area contributed by atoms with Crippen molar-refractivity contribution in [3.05, 3.63) is 63.2 Å². The van der Waals surface area contributed by atoms with E-state index in [0.717, 1.165) is 37.8 Å². The standard InChI is InChI=1S/C23H25N3O7S/c1-34(31,32)25-12-4-5-16-13-17(6-8-20(16)25)22(27)15-33-23(28)19-14-18(26(29)30)7-9-21(19)24-10-2-3-11-24/h6-9,13-14H,2-5,10-12,15H2,1H3. The topological polar surface area (TPSA) is 127 Å². The first kappa shape index (κ1) is 23.7. The number of nitro groups is 1. The highest BCUT2D eigenvalue weighted by Crippen LogP contribution is 2.31. The fourth-order valence-corrected chi connectivity index (χ4v) is 5.40. The average molecular weight is 488 g/mol. The second-order valence-corrected chi connectivity index (χ2v) is 10.3. The number of aryl methyl sites for hydroxylation is 1. The van der Waals surface area contributed by atoms with Crippen LogP contribution < -0.4 is 9.21 Å². The van der Waals surface area contributed by atoms with Crippen molar-refractivity contribution in [2.75, 3.05) is 41.7 Å². The van der Waals surface area contributed by atoms with Crippen LogP contribution in [0.25, 0.3) is 0 Å². The van der Waals surface area contributed by atoms with Crippen LogP contribution in [-0.2, 0) is 21.2 Å². The van der Waals surface area contributed by atoms with Gasteiger partial charge in [-0.15, -0.1) is 0 Å². The van der Waals surface area contributed by atoms with Crippen LogP contribution in [0.5, 0.6) is 0 Å². The van der Waals surface area contributed by atoms with Crippen molar-refractivity contribution < 1.29 is 27.7 Å². The van der Waals surface area contributed by atoms with Gasteiger partial charge < -0.3 is 9.64 Å². The molecule has 2 aliphatic rings. The molecule has 0 amide bonds. The molecule has 0 aromatic heterocycles. The van der Waals surface area contributed by atoms with Crippen molar-refractivity contribution in [3.8, 4) is 0 Å². The Morgan fingerprint density at radius 1 is 1.03 bits per heavy atom. The van der Waals surface area contributed by atoms with E-state index in [4.69, 9.17) is 4.74 Å². The van der Waals surface area contributed by atoms with Crippen LogP contribution in [0.2, 0.25) is 0 Å². The molecule has 4 rings (SSSR count). The van der Waals surface area contributed by atoms with Gasteiger partial charge >= 0.3 is 5.97 Å². The summed E-state index contributed by atoms with van der Waals surface area (Å²) in [5.74, 6) is -1.25. The molecule has 180 valence electrons. The Kier molecular flexibility index (Phi) is 6.56. The molecule has 2 aromatic carbocycles. The van der Waals surface area contributed by atoms with Crippen LogP contribution in [0, 0.1) is 10.1 Å². The maximum absolute atomic E-state index is 12.8. The van der Waals surface area contributed by atoms with Crippen LogP contribution >= 0.6 is 0 Å². The number of hydrogen-bond donors (Lipinski definition) is 0. The predicted molar refractivity (Wildman–Crippen MR) is 126 cm³/mol. The smallest absolute Gasteiger partial charge is 0.340 e. The molecule has 2 aromatic rings. The molecule has 11 heteroatoms. The maximum Gasteiger partial charge on any atom is 0.340 e. The Morgan fingerprint density at radius 3 is 2.41 bits per heavy atom. The molecule has 0 aliphatic carbocycles. The number of carbonyl (C=O) groups is 2. The summed E-state index contributed by atoms with van der Waals surface area (Å²) < 4.78 is 30.6. The van der Waals surface area contributed by atoms with Gasteiger partial charge in [0, 0.05) is 37.3 Å². The Morgan fingerprint density at radius 2 is 1.74 bits per heavy atom. The first-order valence-electron chi connectivity index (χ1n) is 11.0. The van der Waals surface area contributed by atoms with Gasteiger partial charge in [-0.1, -0.05) is 0 Å². The third-order valence-corrected chi connectivity index (χ3v) is 7.25. The number of non-ortho nitro benzene ring substituents is 1. The maximum atomic E-state index is 12.8. The molecule has 0 N–H and O–H groups in total. The number of ether oxygens (including phenoxy) is 1. The van der Waals surface area contributed by atoms with E-state index in [-0.39, 0.29) is 11.3 Å². The number of benzene rings is 2. The van der Waals surface area contributed by atoms with Crippen LogP contribution in [0.15, 0.2) is 36.4 Å². The number of Topliss-reactive ketones (excluding diaryl/α,β-unsaturated/α-hetero) is 1. The van der Waals surface area contributed by atoms with Gasteiger partial charge in [0.05, 0.1) is 28.1 Å². The lowest BCUT2D eigenvalue weighted by Gasteiger charge is -2.29. The summed E-state index contributed by atoms with van der Waals surface area (Å²) in [6, 6.07) is 8.81. The first-order valence-corrected chi connectivity index (χ1v) is 12.8. The molecule has 0 atom stereocenters. The van der Waals surface area contributed by atoms with Crippen LogP contribution in [0.1, 0.15) is 45.5 Å². The lowest BCUT2D eigenvalue weighted by atomic mass is 9.99. The summed E-state index contributed by atoms with van der Waals surface area (Å²) in [5, 5.41) is 11.2. The Balaban J connectivity index is 1.51. The number of nitro benzene ring substituents is 1. The van der Waals surface area contributed by atoms with Crippen molar-refractivity contribution in [2.24, 2.45) is 0 Å². The van der Waals surface area contributed by atoms with Gasteiger partial charge in [0.2, 0.25) is 10.0 Å². The van der Waals surface area contributed by atoms with Crippen LogP contribution in [0.4, 0.5) is 17.1 Å². The van der Waals surface area contributed by atoms with Crippen molar-refractivity contribution in [1.82, 2.24) is 0 Å². The number of esters is 1. The van der Waals surface area contributed by atoms with Crippen molar-refractivity contribution in [1.29, 1.82) is 0 Å². The number of hydrogen-bond acceptors (Lipinski definition) is 8. The highest BCUT2D eigenvalue weighted by atomic mass is 32.2. The van der Waals surface area contributed by atoms with Gasteiger partial charge in [-0.3, -0.25) is 19.2 Å². The quantitative estimate of drug-likeness (QED) is 0.252. The van der Waals surface area contributed by atoms with Gasteiger partial charge in [-0.2, -0.15) is 0 Å². The summed E-state index contributed by atoms with van der Waals surface area (Å²) >= 11 is 0. The van der Waals surface area contributed by atoms with E-state index in [9.17, 15) is 28.1 Å². The van der Waals surface area contributed by atoms with Crippen molar-refractivity contribution in [2.45, 2.75) is 25.7 Å². The molecule has 34 heavy (non-hydrogen) atoms. The summed E-state index contributed by atoms with van der Waals surface area (Å²) in [6.07, 6.45) is 4.33. The van der Waals surface area contributed by atoms with E-state index in [1.54, 1.807) is 18.2 Å². The molecular weight excluding hydrogens is 462 g/mol. The Bertz CT molecular complexity index is 1250. The third-order valence-electron chi connectivity index (χ3n) is 6.07. The van der Waals surface area contributed by atoms with E-state index in [0.29, 0.717) is 36.3 Å². The molecule has 1 saturated heterocycles. The van der Waals surface area contributed by atoms with E-state index in [1.165, 1.54) is 22.5 Å². The monoisotopic (exact) mass is 487 g/mol. The summed E-state index contributed by atoms with van der Waals surface area (Å²) in [7, 11) is -3.42. The van der Waals surface area contributed by atoms with Crippen LogP contribution in [-0.4, -0.2) is 57.6 Å². The van der Waals surface area contributed by atoms with Gasteiger partial charge in [-0.05, 0) is 55.5 Å². The number of ketones is 1. The number of nitrogens with zero attached hydrogens (tertiary/aromatic N) is 3. The zero-order chi connectivity index (χ0) is 24.5. The third kappa shape index (κ3) is 4.89. The molecule has 10 nitrogen and oxygen atoms in total. The number of fused-ring (bicyclic) bond motifs is 1. The number of sulfonamides is 1. The number of rotatable bonds is 7. The molecule has 0 bridgehead atoms. The molecule has 2 aliphatic heterocycles. The van der Waals surface area contributed by atoms with Gasteiger partial charge in [-0.25, -0.2) is 13.2 Å². The van der Waals surface area contributed by atoms with Gasteiger partial charge in [0.15, 0.2) is 12.4 Å². The minimum atomic E-state index is -3.42. The van der Waals surface area contributed by atoms with Crippen molar-refractivity contribution in [3.63, 3.8) is 0 Å². The Labute approximate surface area is 197 Å². The highest BCUT2D eigenvalue weighted by Gasteiger charge is 2.26. The highest BCUT2D eigenvalue weighted by molar-refractivity contribution is 7.92. The molecule has 0 spiro atoms. The van der Waals surface area contributed by atoms with Crippen molar-refractivity contribution >= 4 is 38.8 Å². The fraction of sp³-hybridized carbons (Fsp3) is 0.391. The normalized spacial score (nSPS) is 15.7. The van der Waals surface area contributed by atoms with E-state index in [1.807, 2.05) is 4.90 Å². The molecule has 1 fully saturated rings. The van der Waals surface area contributed by atoms with Crippen LogP contribution in [0.3, 0.4) is 0 Å². The SMILES string of the molecule is CS(=O)(=O)N1CCCc2cc(C(=O)COC(=O)c3cc([N+](=O)[O-])ccc3N3CCCC3)ccc21. The summed E-state index contributed by atoms with van der Waals surface area (Å²) in [5.41, 5.74) is 1.97. The van der Waals surface area contributed by atoms with Gasteiger partial charge in [0.25, 0.3) is 5.69 Å². The number of carbonyl (C=O) groups excluding carboxylic acids is 2. The molecular formula is C23H25N3O7S. The summed E-state index contributed by atoms with van der Waals surface area (Å²) in [4.78, 5) is 38.2. The fourth-order valence-electron chi connectivity index (χ4n) is 4.41. The first-order chi connectivity index (χ1) is 16.1. The predicted octanol–water partition coefficient (Wildman–Crippen LogP) is 2.95. The molecule has 0 unspecified atom stereocenters. The second kappa shape index (κ2) is 9.41. The largest absolute Gasteiger partial charge is 0.454 e. The average Bonchev–Trinajstić information content (AvgIpc) is 3.35. The van der Waals surface area contributed by atoms with Gasteiger partial charge in [0.1, 0.15) is 0 Å².